The largest absolute Gasteiger partial charge is 0.354 e. The quantitative estimate of drug-likeness (QED) is 0.488. The SMILES string of the molecule is Cc1ccc(CN(C)c2ncnc(NN)c2[N+](=O)[O-])cc1. The number of hydrogen-bond donors (Lipinski definition) is 2. The number of aryl methyl sites for hydroxylation is 1. The van der Waals surface area contributed by atoms with E-state index in [9.17, 15) is 10.1 Å². The van der Waals surface area contributed by atoms with E-state index in [-0.39, 0.29) is 17.3 Å². The molecule has 0 amide bonds. The number of rotatable bonds is 5. The highest BCUT2D eigenvalue weighted by Crippen LogP contribution is 2.31. The van der Waals surface area contributed by atoms with Crippen LogP contribution >= 0.6 is 0 Å². The topological polar surface area (TPSA) is 110 Å². The van der Waals surface area contributed by atoms with Crippen LogP contribution in [0.4, 0.5) is 17.3 Å². The van der Waals surface area contributed by atoms with Crippen molar-refractivity contribution in [2.45, 2.75) is 13.5 Å². The van der Waals surface area contributed by atoms with Gasteiger partial charge in [0.2, 0.25) is 11.6 Å². The molecule has 0 bridgehead atoms. The third kappa shape index (κ3) is 3.23. The molecule has 0 saturated carbocycles. The van der Waals surface area contributed by atoms with Crippen LogP contribution in [0.1, 0.15) is 11.1 Å². The smallest absolute Gasteiger partial charge is 0.349 e. The summed E-state index contributed by atoms with van der Waals surface area (Å²) >= 11 is 0. The summed E-state index contributed by atoms with van der Waals surface area (Å²) in [5, 5.41) is 11.2. The Morgan fingerprint density at radius 3 is 2.57 bits per heavy atom. The van der Waals surface area contributed by atoms with Gasteiger partial charge in [-0.05, 0) is 12.5 Å². The van der Waals surface area contributed by atoms with Crippen molar-refractivity contribution in [2.75, 3.05) is 17.4 Å². The summed E-state index contributed by atoms with van der Waals surface area (Å²) in [6.45, 7) is 2.49. The lowest BCUT2D eigenvalue weighted by Crippen LogP contribution is -2.21. The zero-order valence-electron chi connectivity index (χ0n) is 11.8. The Kier molecular flexibility index (Phi) is 4.29. The molecule has 0 atom stereocenters. The van der Waals surface area contributed by atoms with Crippen LogP contribution < -0.4 is 16.2 Å². The maximum absolute atomic E-state index is 11.2. The molecule has 0 aliphatic rings. The number of nitro groups is 1. The highest BCUT2D eigenvalue weighted by molar-refractivity contribution is 5.69. The van der Waals surface area contributed by atoms with Gasteiger partial charge in [0.15, 0.2) is 0 Å². The molecular weight excluding hydrogens is 272 g/mol. The van der Waals surface area contributed by atoms with Crippen molar-refractivity contribution in [2.24, 2.45) is 5.84 Å². The van der Waals surface area contributed by atoms with Crippen LogP contribution in [0.15, 0.2) is 30.6 Å². The van der Waals surface area contributed by atoms with Crippen molar-refractivity contribution in [3.05, 3.63) is 51.8 Å². The monoisotopic (exact) mass is 288 g/mol. The Bertz CT molecular complexity index is 644. The molecule has 0 spiro atoms. The van der Waals surface area contributed by atoms with Gasteiger partial charge in [0.1, 0.15) is 6.33 Å². The molecule has 3 N–H and O–H groups in total. The molecule has 0 fully saturated rings. The zero-order valence-corrected chi connectivity index (χ0v) is 11.8. The van der Waals surface area contributed by atoms with Gasteiger partial charge in [0.05, 0.1) is 4.92 Å². The van der Waals surface area contributed by atoms with Gasteiger partial charge in [-0.2, -0.15) is 0 Å². The number of nitrogens with one attached hydrogen (secondary N) is 1. The normalized spacial score (nSPS) is 10.2. The minimum absolute atomic E-state index is 0.0132. The molecule has 8 heteroatoms. The predicted octanol–water partition coefficient (Wildman–Crippen LogP) is 1.62. The maximum Gasteiger partial charge on any atom is 0.354 e. The molecule has 8 nitrogen and oxygen atoms in total. The molecule has 0 aliphatic carbocycles. The van der Waals surface area contributed by atoms with Crippen molar-refractivity contribution in [3.63, 3.8) is 0 Å². The van der Waals surface area contributed by atoms with Crippen molar-refractivity contribution >= 4 is 17.3 Å². The summed E-state index contributed by atoms with van der Waals surface area (Å²) < 4.78 is 0. The third-order valence-corrected chi connectivity index (χ3v) is 3.02. The first-order valence-electron chi connectivity index (χ1n) is 6.25. The number of hydrogen-bond acceptors (Lipinski definition) is 7. The lowest BCUT2D eigenvalue weighted by Gasteiger charge is -2.18. The van der Waals surface area contributed by atoms with Crippen LogP contribution in [-0.2, 0) is 6.54 Å². The number of nitrogen functional groups attached to an aromatic ring is 1. The van der Waals surface area contributed by atoms with Gasteiger partial charge >= 0.3 is 5.69 Å². The molecule has 0 radical (unpaired) electrons. The van der Waals surface area contributed by atoms with E-state index in [1.165, 1.54) is 6.33 Å². The number of anilines is 2. The Hall–Kier alpha value is -2.74. The fraction of sp³-hybridized carbons (Fsp3) is 0.231. The number of hydrazine groups is 1. The lowest BCUT2D eigenvalue weighted by atomic mass is 10.1. The Balaban J connectivity index is 2.32. The number of benzene rings is 1. The highest BCUT2D eigenvalue weighted by atomic mass is 16.6. The molecule has 110 valence electrons. The molecule has 21 heavy (non-hydrogen) atoms. The summed E-state index contributed by atoms with van der Waals surface area (Å²) in [7, 11) is 1.73. The van der Waals surface area contributed by atoms with E-state index in [1.807, 2.05) is 31.2 Å². The molecule has 2 aromatic rings. The molecule has 0 saturated heterocycles. The second-order valence-corrected chi connectivity index (χ2v) is 4.64. The molecule has 2 rings (SSSR count). The van der Waals surface area contributed by atoms with Crippen LogP contribution in [0, 0.1) is 17.0 Å². The van der Waals surface area contributed by atoms with Crippen molar-refractivity contribution in [3.8, 4) is 0 Å². The van der Waals surface area contributed by atoms with Gasteiger partial charge in [-0.1, -0.05) is 29.8 Å². The first-order valence-corrected chi connectivity index (χ1v) is 6.25. The molecule has 1 aromatic heterocycles. The predicted molar refractivity (Wildman–Crippen MR) is 79.8 cm³/mol. The Labute approximate surface area is 121 Å². The second-order valence-electron chi connectivity index (χ2n) is 4.64. The van der Waals surface area contributed by atoms with E-state index in [0.29, 0.717) is 6.54 Å². The molecule has 0 unspecified atom stereocenters. The van der Waals surface area contributed by atoms with Gasteiger partial charge in [-0.25, -0.2) is 15.8 Å². The first kappa shape index (κ1) is 14.7. The van der Waals surface area contributed by atoms with Gasteiger partial charge < -0.3 is 10.3 Å². The minimum atomic E-state index is -0.545. The van der Waals surface area contributed by atoms with Gasteiger partial charge in [-0.3, -0.25) is 10.1 Å². The van der Waals surface area contributed by atoms with E-state index in [1.54, 1.807) is 11.9 Å². The van der Waals surface area contributed by atoms with Crippen LogP contribution in [0.25, 0.3) is 0 Å². The molecular formula is C13H16N6O2. The van der Waals surface area contributed by atoms with E-state index in [2.05, 4.69) is 15.4 Å². The van der Waals surface area contributed by atoms with Crippen LogP contribution in [0.5, 0.6) is 0 Å². The average molecular weight is 288 g/mol. The summed E-state index contributed by atoms with van der Waals surface area (Å²) in [5.74, 6) is 5.46. The van der Waals surface area contributed by atoms with Gasteiger partial charge in [0, 0.05) is 13.6 Å². The van der Waals surface area contributed by atoms with Crippen LogP contribution in [-0.4, -0.2) is 21.9 Å². The van der Waals surface area contributed by atoms with E-state index in [4.69, 9.17) is 5.84 Å². The molecule has 1 heterocycles. The van der Waals surface area contributed by atoms with Crippen molar-refractivity contribution < 1.29 is 4.92 Å². The lowest BCUT2D eigenvalue weighted by molar-refractivity contribution is -0.383. The third-order valence-electron chi connectivity index (χ3n) is 3.02. The summed E-state index contributed by atoms with van der Waals surface area (Å²) in [6.07, 6.45) is 1.24. The van der Waals surface area contributed by atoms with Gasteiger partial charge in [0.25, 0.3) is 0 Å². The van der Waals surface area contributed by atoms with Crippen molar-refractivity contribution in [1.82, 2.24) is 9.97 Å². The van der Waals surface area contributed by atoms with E-state index < -0.39 is 4.92 Å². The van der Waals surface area contributed by atoms with E-state index >= 15 is 0 Å². The number of nitrogens with two attached hydrogens (primary N) is 1. The highest BCUT2D eigenvalue weighted by Gasteiger charge is 2.25. The van der Waals surface area contributed by atoms with Crippen LogP contribution in [0.2, 0.25) is 0 Å². The summed E-state index contributed by atoms with van der Waals surface area (Å²) in [6, 6.07) is 7.93. The molecule has 1 aromatic carbocycles. The van der Waals surface area contributed by atoms with Gasteiger partial charge in [-0.15, -0.1) is 0 Å². The second kappa shape index (κ2) is 6.14. The average Bonchev–Trinajstić information content (AvgIpc) is 2.48. The maximum atomic E-state index is 11.2. The summed E-state index contributed by atoms with van der Waals surface area (Å²) in [4.78, 5) is 20.1. The minimum Gasteiger partial charge on any atom is -0.349 e. The standard InChI is InChI=1S/C13H16N6O2/c1-9-3-5-10(6-4-9)7-18(2)13-11(19(20)21)12(17-14)15-8-16-13/h3-6,8H,7,14H2,1-2H3,(H,15,16,17). The van der Waals surface area contributed by atoms with Crippen molar-refractivity contribution in [1.29, 1.82) is 0 Å². The fourth-order valence-corrected chi connectivity index (χ4v) is 1.96. The zero-order chi connectivity index (χ0) is 15.4. The number of aromatic nitrogens is 2. The van der Waals surface area contributed by atoms with E-state index in [0.717, 1.165) is 11.1 Å². The Morgan fingerprint density at radius 2 is 2.00 bits per heavy atom. The number of nitrogens with zero attached hydrogens (tertiary/aromatic N) is 4. The van der Waals surface area contributed by atoms with Crippen LogP contribution in [0.3, 0.4) is 0 Å². The first-order chi connectivity index (χ1) is 10.0. The fourth-order valence-electron chi connectivity index (χ4n) is 1.96. The summed E-state index contributed by atoms with van der Waals surface area (Å²) in [5.41, 5.74) is 4.17. The molecule has 0 aliphatic heterocycles. The Morgan fingerprint density at radius 1 is 1.33 bits per heavy atom.